The summed E-state index contributed by atoms with van der Waals surface area (Å²) in [4.78, 5) is 12.3. The van der Waals surface area contributed by atoms with Gasteiger partial charge in [0.2, 0.25) is 5.82 Å². The number of aryl methyl sites for hydroxylation is 1. The fraction of sp³-hybridized carbons (Fsp3) is 0.0769. The Bertz CT molecular complexity index is 662. The molecule has 3 rings (SSSR count). The summed E-state index contributed by atoms with van der Waals surface area (Å²) >= 11 is 0. The van der Waals surface area contributed by atoms with Gasteiger partial charge in [-0.2, -0.15) is 4.98 Å². The summed E-state index contributed by atoms with van der Waals surface area (Å²) in [6.45, 7) is 1.94. The lowest BCUT2D eigenvalue weighted by molar-refractivity contribution is 0.432. The van der Waals surface area contributed by atoms with Crippen molar-refractivity contribution in [3.8, 4) is 22.8 Å². The molecule has 3 aromatic heterocycles. The van der Waals surface area contributed by atoms with Gasteiger partial charge < -0.3 is 10.3 Å². The number of hydrogen-bond acceptors (Lipinski definition) is 6. The van der Waals surface area contributed by atoms with Crippen LogP contribution in [-0.4, -0.2) is 20.1 Å². The lowest BCUT2D eigenvalue weighted by atomic mass is 10.1. The van der Waals surface area contributed by atoms with Crippen LogP contribution in [0.25, 0.3) is 22.8 Å². The Morgan fingerprint density at radius 3 is 2.53 bits per heavy atom. The van der Waals surface area contributed by atoms with E-state index in [1.54, 1.807) is 30.9 Å². The molecule has 3 heterocycles. The maximum absolute atomic E-state index is 5.83. The summed E-state index contributed by atoms with van der Waals surface area (Å²) in [5.41, 5.74) is 8.89. The predicted octanol–water partition coefficient (Wildman–Crippen LogP) is 2.08. The second-order valence-corrected chi connectivity index (χ2v) is 4.08. The quantitative estimate of drug-likeness (QED) is 0.751. The highest BCUT2D eigenvalue weighted by molar-refractivity contribution is 5.70. The van der Waals surface area contributed by atoms with Crippen LogP contribution >= 0.6 is 0 Å². The number of pyridine rings is 2. The summed E-state index contributed by atoms with van der Waals surface area (Å²) in [6.07, 6.45) is 6.63. The third-order valence-corrected chi connectivity index (χ3v) is 2.77. The first-order valence-electron chi connectivity index (χ1n) is 5.70. The van der Waals surface area contributed by atoms with Gasteiger partial charge in [-0.15, -0.1) is 0 Å². The van der Waals surface area contributed by atoms with Crippen LogP contribution in [0, 0.1) is 6.92 Å². The van der Waals surface area contributed by atoms with Crippen molar-refractivity contribution in [2.75, 3.05) is 5.73 Å². The van der Waals surface area contributed by atoms with E-state index in [0.717, 1.165) is 11.1 Å². The predicted molar refractivity (Wildman–Crippen MR) is 69.9 cm³/mol. The molecule has 19 heavy (non-hydrogen) atoms. The third kappa shape index (κ3) is 2.03. The average molecular weight is 253 g/mol. The Kier molecular flexibility index (Phi) is 2.68. The molecule has 0 unspecified atom stereocenters. The van der Waals surface area contributed by atoms with E-state index in [1.807, 2.05) is 13.0 Å². The standard InChI is InChI=1S/C13H11N5O/c1-8-6-15-4-2-9(8)12-17-13(19-18-12)10-3-5-16-7-11(10)14/h2-7H,14H2,1H3. The minimum atomic E-state index is 0.381. The molecule has 6 nitrogen and oxygen atoms in total. The zero-order chi connectivity index (χ0) is 13.2. The van der Waals surface area contributed by atoms with E-state index in [1.165, 1.54) is 0 Å². The van der Waals surface area contributed by atoms with Crippen LogP contribution in [0.1, 0.15) is 5.56 Å². The summed E-state index contributed by atoms with van der Waals surface area (Å²) in [7, 11) is 0. The van der Waals surface area contributed by atoms with Gasteiger partial charge in [0.15, 0.2) is 0 Å². The van der Waals surface area contributed by atoms with Gasteiger partial charge in [-0.25, -0.2) is 0 Å². The second kappa shape index (κ2) is 4.49. The van der Waals surface area contributed by atoms with E-state index in [-0.39, 0.29) is 0 Å². The van der Waals surface area contributed by atoms with Crippen molar-refractivity contribution >= 4 is 5.69 Å². The van der Waals surface area contributed by atoms with Crippen LogP contribution in [-0.2, 0) is 0 Å². The Morgan fingerprint density at radius 1 is 1.05 bits per heavy atom. The van der Waals surface area contributed by atoms with Crippen LogP contribution in [0.3, 0.4) is 0 Å². The molecule has 3 aromatic rings. The first kappa shape index (κ1) is 11.3. The van der Waals surface area contributed by atoms with Crippen molar-refractivity contribution in [2.24, 2.45) is 0 Å². The highest BCUT2D eigenvalue weighted by Gasteiger charge is 2.13. The van der Waals surface area contributed by atoms with E-state index in [4.69, 9.17) is 10.3 Å². The van der Waals surface area contributed by atoms with Gasteiger partial charge in [0.05, 0.1) is 17.4 Å². The van der Waals surface area contributed by atoms with E-state index < -0.39 is 0 Å². The van der Waals surface area contributed by atoms with Crippen molar-refractivity contribution in [3.63, 3.8) is 0 Å². The van der Waals surface area contributed by atoms with E-state index in [9.17, 15) is 0 Å². The highest BCUT2D eigenvalue weighted by atomic mass is 16.5. The summed E-state index contributed by atoms with van der Waals surface area (Å²) < 4.78 is 5.25. The molecule has 0 aromatic carbocycles. The molecule has 0 aliphatic heterocycles. The molecule has 0 bridgehead atoms. The third-order valence-electron chi connectivity index (χ3n) is 2.77. The van der Waals surface area contributed by atoms with Crippen molar-refractivity contribution in [2.45, 2.75) is 6.92 Å². The minimum absolute atomic E-state index is 0.381. The lowest BCUT2D eigenvalue weighted by Crippen LogP contribution is -1.91. The zero-order valence-electron chi connectivity index (χ0n) is 10.2. The van der Waals surface area contributed by atoms with Gasteiger partial charge in [0, 0.05) is 24.2 Å². The van der Waals surface area contributed by atoms with Crippen LogP contribution in [0.2, 0.25) is 0 Å². The summed E-state index contributed by atoms with van der Waals surface area (Å²) in [6, 6.07) is 3.59. The number of aromatic nitrogens is 4. The van der Waals surface area contributed by atoms with Crippen LogP contribution in [0.5, 0.6) is 0 Å². The molecule has 0 aliphatic carbocycles. The van der Waals surface area contributed by atoms with Crippen molar-refractivity contribution in [3.05, 3.63) is 42.5 Å². The molecular formula is C13H11N5O. The second-order valence-electron chi connectivity index (χ2n) is 4.08. The molecule has 0 aliphatic rings. The van der Waals surface area contributed by atoms with Gasteiger partial charge in [0.1, 0.15) is 0 Å². The molecule has 0 radical (unpaired) electrons. The number of hydrogen-bond donors (Lipinski definition) is 1. The largest absolute Gasteiger partial charge is 0.397 e. The van der Waals surface area contributed by atoms with Gasteiger partial charge in [0.25, 0.3) is 5.89 Å². The molecule has 6 heteroatoms. The molecule has 0 fully saturated rings. The Balaban J connectivity index is 2.06. The number of nitrogens with two attached hydrogens (primary N) is 1. The van der Waals surface area contributed by atoms with Gasteiger partial charge >= 0.3 is 0 Å². The van der Waals surface area contributed by atoms with Gasteiger partial charge in [-0.3, -0.25) is 9.97 Å². The zero-order valence-corrected chi connectivity index (χ0v) is 10.2. The molecule has 94 valence electrons. The molecule has 0 amide bonds. The molecule has 0 saturated heterocycles. The van der Waals surface area contributed by atoms with E-state index in [2.05, 4.69) is 20.1 Å². The summed E-state index contributed by atoms with van der Waals surface area (Å²) in [5, 5.41) is 3.97. The molecule has 0 saturated carbocycles. The maximum atomic E-state index is 5.83. The van der Waals surface area contributed by atoms with Crippen molar-refractivity contribution in [1.82, 2.24) is 20.1 Å². The Hall–Kier alpha value is -2.76. The first-order valence-corrected chi connectivity index (χ1v) is 5.70. The fourth-order valence-electron chi connectivity index (χ4n) is 1.77. The fourth-order valence-corrected chi connectivity index (χ4v) is 1.77. The number of rotatable bonds is 2. The van der Waals surface area contributed by atoms with Crippen molar-refractivity contribution < 1.29 is 4.52 Å². The highest BCUT2D eigenvalue weighted by Crippen LogP contribution is 2.26. The van der Waals surface area contributed by atoms with Crippen LogP contribution < -0.4 is 5.73 Å². The SMILES string of the molecule is Cc1cnccc1-c1noc(-c2ccncc2N)n1. The summed E-state index contributed by atoms with van der Waals surface area (Å²) in [5.74, 6) is 0.900. The minimum Gasteiger partial charge on any atom is -0.397 e. The molecule has 0 spiro atoms. The monoisotopic (exact) mass is 253 g/mol. The van der Waals surface area contributed by atoms with Crippen LogP contribution in [0.4, 0.5) is 5.69 Å². The van der Waals surface area contributed by atoms with Gasteiger partial charge in [-0.1, -0.05) is 5.16 Å². The number of anilines is 1. The normalized spacial score (nSPS) is 10.6. The Labute approximate surface area is 109 Å². The van der Waals surface area contributed by atoms with Crippen molar-refractivity contribution in [1.29, 1.82) is 0 Å². The molecular weight excluding hydrogens is 242 g/mol. The van der Waals surface area contributed by atoms with Gasteiger partial charge in [-0.05, 0) is 24.6 Å². The Morgan fingerprint density at radius 2 is 1.79 bits per heavy atom. The first-order chi connectivity index (χ1) is 9.25. The van der Waals surface area contributed by atoms with Crippen LogP contribution in [0.15, 0.2) is 41.4 Å². The molecule has 2 N–H and O–H groups in total. The number of nitrogens with zero attached hydrogens (tertiary/aromatic N) is 4. The van der Waals surface area contributed by atoms with E-state index >= 15 is 0 Å². The lowest BCUT2D eigenvalue weighted by Gasteiger charge is -1.98. The maximum Gasteiger partial charge on any atom is 0.260 e. The molecule has 0 atom stereocenters. The smallest absolute Gasteiger partial charge is 0.260 e. The van der Waals surface area contributed by atoms with E-state index in [0.29, 0.717) is 23.0 Å². The number of nitrogen functional groups attached to an aromatic ring is 1. The topological polar surface area (TPSA) is 90.7 Å². The average Bonchev–Trinajstić information content (AvgIpc) is 2.89.